The van der Waals surface area contributed by atoms with E-state index in [9.17, 15) is 0 Å². The molecule has 0 bridgehead atoms. The summed E-state index contributed by atoms with van der Waals surface area (Å²) in [5.41, 5.74) is 6.71. The maximum absolute atomic E-state index is 4.04. The van der Waals surface area contributed by atoms with E-state index in [1.165, 1.54) is 27.8 Å². The average molecular weight is 282 g/mol. The third-order valence-electron chi connectivity index (χ3n) is 4.78. The second kappa shape index (κ2) is 4.99. The van der Waals surface area contributed by atoms with Gasteiger partial charge in [-0.15, -0.1) is 6.58 Å². The molecule has 22 heavy (non-hydrogen) atoms. The minimum absolute atomic E-state index is 0.115. The molecule has 1 aliphatic rings. The first-order valence-corrected chi connectivity index (χ1v) is 7.74. The Labute approximate surface area is 131 Å². The van der Waals surface area contributed by atoms with Crippen LogP contribution in [0.2, 0.25) is 0 Å². The Morgan fingerprint density at radius 2 is 1.18 bits per heavy atom. The average Bonchev–Trinajstić information content (AvgIpc) is 2.88. The van der Waals surface area contributed by atoms with Gasteiger partial charge in [0.15, 0.2) is 0 Å². The van der Waals surface area contributed by atoms with E-state index in [4.69, 9.17) is 0 Å². The molecule has 0 unspecified atom stereocenters. The van der Waals surface area contributed by atoms with E-state index < -0.39 is 0 Å². The molecule has 0 aliphatic heterocycles. The molecule has 0 saturated carbocycles. The van der Waals surface area contributed by atoms with Crippen LogP contribution in [0.3, 0.4) is 0 Å². The van der Waals surface area contributed by atoms with Crippen molar-refractivity contribution >= 4 is 0 Å². The van der Waals surface area contributed by atoms with Crippen LogP contribution in [0.5, 0.6) is 0 Å². The molecule has 0 N–H and O–H groups in total. The smallest absolute Gasteiger partial charge is 0.0497 e. The molecule has 0 amide bonds. The molecule has 0 heterocycles. The van der Waals surface area contributed by atoms with Gasteiger partial charge < -0.3 is 0 Å². The molecule has 3 aromatic carbocycles. The van der Waals surface area contributed by atoms with Crippen molar-refractivity contribution in [1.29, 1.82) is 0 Å². The van der Waals surface area contributed by atoms with Gasteiger partial charge in [0, 0.05) is 5.41 Å². The van der Waals surface area contributed by atoms with Crippen LogP contribution in [0.4, 0.5) is 0 Å². The highest BCUT2D eigenvalue weighted by Crippen LogP contribution is 2.54. The Kier molecular flexibility index (Phi) is 2.97. The molecule has 0 radical (unpaired) electrons. The highest BCUT2D eigenvalue weighted by molar-refractivity contribution is 5.83. The van der Waals surface area contributed by atoms with Crippen molar-refractivity contribution in [3.05, 3.63) is 108 Å². The molecule has 106 valence electrons. The van der Waals surface area contributed by atoms with Crippen molar-refractivity contribution in [3.8, 4) is 11.1 Å². The van der Waals surface area contributed by atoms with Gasteiger partial charge in [0.2, 0.25) is 0 Å². The summed E-state index contributed by atoms with van der Waals surface area (Å²) >= 11 is 0. The van der Waals surface area contributed by atoms with Crippen LogP contribution >= 0.6 is 0 Å². The molecular formula is C22H18. The zero-order valence-electron chi connectivity index (χ0n) is 12.5. The first kappa shape index (κ1) is 13.1. The summed E-state index contributed by atoms with van der Waals surface area (Å²) in [5.74, 6) is 0. The lowest BCUT2D eigenvalue weighted by Gasteiger charge is -2.32. The van der Waals surface area contributed by atoms with Gasteiger partial charge in [-0.2, -0.15) is 0 Å². The maximum atomic E-state index is 4.04. The van der Waals surface area contributed by atoms with Gasteiger partial charge in [0.25, 0.3) is 0 Å². The lowest BCUT2D eigenvalue weighted by Crippen LogP contribution is -2.26. The van der Waals surface area contributed by atoms with Gasteiger partial charge in [0.1, 0.15) is 0 Å². The van der Waals surface area contributed by atoms with E-state index in [0.717, 1.165) is 6.42 Å². The van der Waals surface area contributed by atoms with Crippen molar-refractivity contribution in [2.75, 3.05) is 0 Å². The number of benzene rings is 3. The minimum Gasteiger partial charge on any atom is -0.103 e. The second-order valence-electron chi connectivity index (χ2n) is 5.86. The number of rotatable bonds is 3. The number of fused-ring (bicyclic) bond motifs is 3. The third kappa shape index (κ3) is 1.64. The monoisotopic (exact) mass is 282 g/mol. The molecule has 0 fully saturated rings. The highest BCUT2D eigenvalue weighted by Gasteiger charge is 2.43. The van der Waals surface area contributed by atoms with Gasteiger partial charge in [-0.25, -0.2) is 0 Å². The largest absolute Gasteiger partial charge is 0.103 e. The van der Waals surface area contributed by atoms with Gasteiger partial charge in [-0.05, 0) is 34.2 Å². The zero-order chi connectivity index (χ0) is 15.0. The second-order valence-corrected chi connectivity index (χ2v) is 5.86. The van der Waals surface area contributed by atoms with E-state index in [2.05, 4.69) is 85.4 Å². The van der Waals surface area contributed by atoms with E-state index in [0.29, 0.717) is 0 Å². The molecule has 0 nitrogen and oxygen atoms in total. The molecule has 1 aliphatic carbocycles. The molecular weight excluding hydrogens is 264 g/mol. The summed E-state index contributed by atoms with van der Waals surface area (Å²) in [6.07, 6.45) is 2.96. The van der Waals surface area contributed by atoms with E-state index in [1.807, 2.05) is 6.08 Å². The molecule has 0 spiro atoms. The van der Waals surface area contributed by atoms with Crippen molar-refractivity contribution in [1.82, 2.24) is 0 Å². The topological polar surface area (TPSA) is 0 Å². The van der Waals surface area contributed by atoms with Crippen LogP contribution in [-0.4, -0.2) is 0 Å². The molecule has 0 heteroatoms. The Bertz CT molecular complexity index is 782. The molecule has 0 aromatic heterocycles. The Morgan fingerprint density at radius 3 is 1.73 bits per heavy atom. The molecule has 3 aromatic rings. The van der Waals surface area contributed by atoms with Crippen molar-refractivity contribution in [2.45, 2.75) is 11.8 Å². The van der Waals surface area contributed by atoms with Crippen LogP contribution in [0.25, 0.3) is 11.1 Å². The fourth-order valence-corrected chi connectivity index (χ4v) is 3.91. The number of hydrogen-bond acceptors (Lipinski definition) is 0. The van der Waals surface area contributed by atoms with E-state index in [-0.39, 0.29) is 5.41 Å². The molecule has 4 rings (SSSR count). The van der Waals surface area contributed by atoms with Crippen molar-refractivity contribution in [2.24, 2.45) is 0 Å². The van der Waals surface area contributed by atoms with Crippen molar-refractivity contribution < 1.29 is 0 Å². The van der Waals surface area contributed by atoms with Gasteiger partial charge in [-0.1, -0.05) is 84.9 Å². The van der Waals surface area contributed by atoms with Gasteiger partial charge in [0.05, 0.1) is 0 Å². The lowest BCUT2D eigenvalue weighted by atomic mass is 9.70. The summed E-state index contributed by atoms with van der Waals surface area (Å²) in [6.45, 7) is 4.04. The lowest BCUT2D eigenvalue weighted by molar-refractivity contribution is 0.646. The SMILES string of the molecule is C=CCC1(c2ccccc2)c2ccccc2-c2ccccc21. The van der Waals surface area contributed by atoms with E-state index >= 15 is 0 Å². The summed E-state index contributed by atoms with van der Waals surface area (Å²) < 4.78 is 0. The van der Waals surface area contributed by atoms with Crippen molar-refractivity contribution in [3.63, 3.8) is 0 Å². The quantitative estimate of drug-likeness (QED) is 0.550. The maximum Gasteiger partial charge on any atom is 0.0497 e. The Morgan fingerprint density at radius 1 is 0.682 bits per heavy atom. The predicted molar refractivity (Wildman–Crippen MR) is 93.0 cm³/mol. The fourth-order valence-electron chi connectivity index (χ4n) is 3.91. The number of allylic oxidation sites excluding steroid dienone is 1. The van der Waals surface area contributed by atoms with Crippen LogP contribution in [-0.2, 0) is 5.41 Å². The normalized spacial score (nSPS) is 14.2. The van der Waals surface area contributed by atoms with Crippen LogP contribution in [0, 0.1) is 0 Å². The third-order valence-corrected chi connectivity index (χ3v) is 4.78. The summed E-state index contributed by atoms with van der Waals surface area (Å²) in [6, 6.07) is 28.4. The zero-order valence-corrected chi connectivity index (χ0v) is 12.5. The predicted octanol–water partition coefficient (Wildman–Crippen LogP) is 5.58. The fraction of sp³-hybridized carbons (Fsp3) is 0.0909. The number of hydrogen-bond donors (Lipinski definition) is 0. The highest BCUT2D eigenvalue weighted by atomic mass is 14.4. The van der Waals surface area contributed by atoms with Gasteiger partial charge in [-0.3, -0.25) is 0 Å². The molecule has 0 atom stereocenters. The van der Waals surface area contributed by atoms with E-state index in [1.54, 1.807) is 0 Å². The van der Waals surface area contributed by atoms with Crippen LogP contribution in [0.15, 0.2) is 91.5 Å². The summed E-state index contributed by atoms with van der Waals surface area (Å²) in [5, 5.41) is 0. The van der Waals surface area contributed by atoms with Crippen LogP contribution in [0.1, 0.15) is 23.1 Å². The first-order chi connectivity index (χ1) is 10.9. The van der Waals surface area contributed by atoms with Crippen LogP contribution < -0.4 is 0 Å². The minimum atomic E-state index is -0.115. The standard InChI is InChI=1S/C22H18/c1-2-16-22(17-10-4-3-5-11-17)20-14-8-6-12-18(20)19-13-7-9-15-21(19)22/h2-15H,1,16H2. The summed E-state index contributed by atoms with van der Waals surface area (Å²) in [4.78, 5) is 0. The Balaban J connectivity index is 2.12. The summed E-state index contributed by atoms with van der Waals surface area (Å²) in [7, 11) is 0. The first-order valence-electron chi connectivity index (χ1n) is 7.74. The molecule has 0 saturated heterocycles. The van der Waals surface area contributed by atoms with Gasteiger partial charge >= 0.3 is 0 Å². The Hall–Kier alpha value is -2.60.